The monoisotopic (exact) mass is 223 g/mol. The fraction of sp³-hybridized carbons (Fsp3) is 0.462. The summed E-state index contributed by atoms with van der Waals surface area (Å²) in [7, 11) is 0. The number of aliphatic hydroxyl groups is 1. The number of aliphatic hydroxyl groups excluding tert-OH is 1. The molecule has 3 heteroatoms. The lowest BCUT2D eigenvalue weighted by Gasteiger charge is -2.17. The first-order chi connectivity index (χ1) is 7.15. The molecule has 1 unspecified atom stereocenters. The van der Waals surface area contributed by atoms with E-state index in [-0.39, 0.29) is 31.9 Å². The summed E-state index contributed by atoms with van der Waals surface area (Å²) in [5.41, 5.74) is 0.925. The summed E-state index contributed by atoms with van der Waals surface area (Å²) >= 11 is 0. The van der Waals surface area contributed by atoms with E-state index < -0.39 is 0 Å². The Kier molecular flexibility index (Phi) is 6.42. The molecule has 0 fully saturated rings. The second-order valence-electron chi connectivity index (χ2n) is 3.81. The van der Waals surface area contributed by atoms with Crippen LogP contribution in [0.5, 0.6) is 0 Å². The minimum atomic E-state index is -0.305. The smallest absolute Gasteiger partial charge is 0.223 e. The summed E-state index contributed by atoms with van der Waals surface area (Å²) < 4.78 is 0. The van der Waals surface area contributed by atoms with Crippen LogP contribution in [0.25, 0.3) is 0 Å². The number of hydrogen-bond acceptors (Lipinski definition) is 2. The zero-order chi connectivity index (χ0) is 11.3. The molecule has 1 amide bonds. The van der Waals surface area contributed by atoms with Crippen molar-refractivity contribution in [2.45, 2.75) is 27.3 Å². The van der Waals surface area contributed by atoms with Crippen molar-refractivity contribution >= 4 is 5.91 Å². The van der Waals surface area contributed by atoms with Crippen LogP contribution >= 0.6 is 0 Å². The molecule has 0 aliphatic heterocycles. The Balaban J connectivity index is 0.00000225. The minimum Gasteiger partial charge on any atom is -0.394 e. The molecule has 0 heterocycles. The molecule has 0 aliphatic carbocycles. The lowest BCUT2D eigenvalue weighted by atomic mass is 10.1. The van der Waals surface area contributed by atoms with E-state index in [1.807, 2.05) is 44.2 Å². The van der Waals surface area contributed by atoms with E-state index in [9.17, 15) is 9.90 Å². The lowest BCUT2D eigenvalue weighted by molar-refractivity contribution is -0.125. The average molecular weight is 223 g/mol. The van der Waals surface area contributed by atoms with Gasteiger partial charge in [-0.05, 0) is 5.56 Å². The molecule has 1 rings (SSSR count). The summed E-state index contributed by atoms with van der Waals surface area (Å²) in [6.07, 6.45) is 0. The van der Waals surface area contributed by atoms with Gasteiger partial charge < -0.3 is 10.4 Å². The van der Waals surface area contributed by atoms with Crippen molar-refractivity contribution in [2.75, 3.05) is 6.61 Å². The Morgan fingerprint density at radius 1 is 1.31 bits per heavy atom. The lowest BCUT2D eigenvalue weighted by Crippen LogP contribution is -2.33. The number of nitrogens with one attached hydrogen (secondary N) is 1. The van der Waals surface area contributed by atoms with Crippen molar-refractivity contribution in [1.29, 1.82) is 0 Å². The number of carbonyl (C=O) groups excluding carboxylic acids is 1. The van der Waals surface area contributed by atoms with Crippen LogP contribution < -0.4 is 5.32 Å². The number of rotatable bonds is 4. The van der Waals surface area contributed by atoms with Crippen LogP contribution in [0.2, 0.25) is 0 Å². The van der Waals surface area contributed by atoms with E-state index in [2.05, 4.69) is 5.32 Å². The van der Waals surface area contributed by atoms with Crippen LogP contribution in [0.1, 0.15) is 32.9 Å². The van der Waals surface area contributed by atoms with Gasteiger partial charge in [0.05, 0.1) is 12.6 Å². The number of carbonyl (C=O) groups is 1. The molecule has 0 saturated carbocycles. The second kappa shape index (κ2) is 7.01. The van der Waals surface area contributed by atoms with Crippen LogP contribution in [-0.4, -0.2) is 17.6 Å². The van der Waals surface area contributed by atoms with Crippen LogP contribution in [0.4, 0.5) is 0 Å². The van der Waals surface area contributed by atoms with Gasteiger partial charge in [0.25, 0.3) is 0 Å². The third kappa shape index (κ3) is 4.03. The Morgan fingerprint density at radius 3 is 2.31 bits per heavy atom. The van der Waals surface area contributed by atoms with Gasteiger partial charge in [0.1, 0.15) is 0 Å². The van der Waals surface area contributed by atoms with E-state index in [1.54, 1.807) is 0 Å². The third-order valence-electron chi connectivity index (χ3n) is 2.23. The number of amides is 1. The Labute approximate surface area is 97.5 Å². The summed E-state index contributed by atoms with van der Waals surface area (Å²) in [4.78, 5) is 11.5. The van der Waals surface area contributed by atoms with Crippen molar-refractivity contribution < 1.29 is 9.90 Å². The number of benzene rings is 1. The Morgan fingerprint density at radius 2 is 1.88 bits per heavy atom. The van der Waals surface area contributed by atoms with Crippen molar-refractivity contribution in [3.63, 3.8) is 0 Å². The van der Waals surface area contributed by atoms with Gasteiger partial charge in [0.15, 0.2) is 0 Å². The zero-order valence-corrected chi connectivity index (χ0v) is 9.10. The highest BCUT2D eigenvalue weighted by Crippen LogP contribution is 2.12. The van der Waals surface area contributed by atoms with Crippen molar-refractivity contribution in [3.05, 3.63) is 35.9 Å². The van der Waals surface area contributed by atoms with Crippen molar-refractivity contribution in [3.8, 4) is 0 Å². The normalized spacial score (nSPS) is 11.8. The van der Waals surface area contributed by atoms with E-state index in [4.69, 9.17) is 0 Å². The largest absolute Gasteiger partial charge is 0.394 e. The van der Waals surface area contributed by atoms with Gasteiger partial charge in [-0.15, -0.1) is 0 Å². The summed E-state index contributed by atoms with van der Waals surface area (Å²) in [6, 6.07) is 9.16. The zero-order valence-electron chi connectivity index (χ0n) is 9.10. The molecule has 0 aliphatic rings. The number of hydrogen-bond donors (Lipinski definition) is 2. The molecule has 1 aromatic rings. The predicted octanol–water partition coefficient (Wildman–Crippen LogP) is 2.13. The molecule has 0 saturated heterocycles. The van der Waals surface area contributed by atoms with Gasteiger partial charge in [0, 0.05) is 5.92 Å². The molecule has 90 valence electrons. The molecule has 0 bridgehead atoms. The van der Waals surface area contributed by atoms with Crippen LogP contribution in [0, 0.1) is 5.92 Å². The molecule has 0 radical (unpaired) electrons. The maximum Gasteiger partial charge on any atom is 0.223 e. The molecule has 0 spiro atoms. The van der Waals surface area contributed by atoms with Crippen LogP contribution in [-0.2, 0) is 4.79 Å². The first-order valence-corrected chi connectivity index (χ1v) is 5.11. The van der Waals surface area contributed by atoms with Gasteiger partial charge in [-0.25, -0.2) is 0 Å². The molecule has 1 atom stereocenters. The Bertz CT molecular complexity index is 309. The highest BCUT2D eigenvalue weighted by Gasteiger charge is 2.14. The van der Waals surface area contributed by atoms with Crippen LogP contribution in [0.3, 0.4) is 0 Å². The molecule has 0 aromatic heterocycles. The van der Waals surface area contributed by atoms with Gasteiger partial charge in [-0.1, -0.05) is 51.6 Å². The summed E-state index contributed by atoms with van der Waals surface area (Å²) in [6.45, 7) is 3.58. The summed E-state index contributed by atoms with van der Waals surface area (Å²) in [5.74, 6) is -0.110. The predicted molar refractivity (Wildman–Crippen MR) is 66.0 cm³/mol. The van der Waals surface area contributed by atoms with Crippen LogP contribution in [0.15, 0.2) is 30.3 Å². The van der Waals surface area contributed by atoms with E-state index >= 15 is 0 Å². The summed E-state index contributed by atoms with van der Waals surface area (Å²) in [5, 5.41) is 12.0. The Hall–Kier alpha value is -1.35. The maximum absolute atomic E-state index is 11.5. The van der Waals surface area contributed by atoms with E-state index in [0.717, 1.165) is 5.56 Å². The fourth-order valence-electron chi connectivity index (χ4n) is 1.26. The van der Waals surface area contributed by atoms with Gasteiger partial charge in [-0.3, -0.25) is 4.79 Å². The molecule has 2 N–H and O–H groups in total. The quantitative estimate of drug-likeness (QED) is 0.821. The van der Waals surface area contributed by atoms with Crippen molar-refractivity contribution in [2.24, 2.45) is 5.92 Å². The molecule has 1 aromatic carbocycles. The van der Waals surface area contributed by atoms with Gasteiger partial charge in [-0.2, -0.15) is 0 Å². The second-order valence-corrected chi connectivity index (χ2v) is 3.81. The van der Waals surface area contributed by atoms with Gasteiger partial charge in [0.2, 0.25) is 5.91 Å². The first-order valence-electron chi connectivity index (χ1n) is 5.11. The first kappa shape index (κ1) is 14.6. The van der Waals surface area contributed by atoms with E-state index in [1.165, 1.54) is 0 Å². The average Bonchev–Trinajstić information content (AvgIpc) is 2.26. The highest BCUT2D eigenvalue weighted by atomic mass is 16.3. The third-order valence-corrected chi connectivity index (χ3v) is 2.23. The minimum absolute atomic E-state index is 0. The molecule has 3 nitrogen and oxygen atoms in total. The molecular weight excluding hydrogens is 202 g/mol. The SMILES string of the molecule is C.CC(C)C(=O)NC(CO)c1ccccc1. The van der Waals surface area contributed by atoms with Gasteiger partial charge >= 0.3 is 0 Å². The topological polar surface area (TPSA) is 49.3 Å². The van der Waals surface area contributed by atoms with E-state index in [0.29, 0.717) is 0 Å². The fourth-order valence-corrected chi connectivity index (χ4v) is 1.26. The molecule has 16 heavy (non-hydrogen) atoms. The standard InChI is InChI=1S/C12H17NO2.CH4/c1-9(2)12(15)13-11(8-14)10-6-4-3-5-7-10;/h3-7,9,11,14H,8H2,1-2H3,(H,13,15);1H4. The van der Waals surface area contributed by atoms with Crippen molar-refractivity contribution in [1.82, 2.24) is 5.32 Å². The maximum atomic E-state index is 11.5. The highest BCUT2D eigenvalue weighted by molar-refractivity contribution is 5.78. The molecular formula is C13H21NO2.